The van der Waals surface area contributed by atoms with E-state index in [2.05, 4.69) is 10.3 Å². The molecule has 176 valence electrons. The average molecular weight is 503 g/mol. The van der Waals surface area contributed by atoms with Crippen molar-refractivity contribution in [2.24, 2.45) is 9.98 Å². The van der Waals surface area contributed by atoms with Crippen molar-refractivity contribution in [1.82, 2.24) is 10.2 Å². The van der Waals surface area contributed by atoms with Gasteiger partial charge in [-0.25, -0.2) is 4.99 Å². The number of nitrogens with zero attached hydrogens (tertiary/aromatic N) is 3. The first-order chi connectivity index (χ1) is 17.0. The van der Waals surface area contributed by atoms with Crippen LogP contribution in [0, 0.1) is 0 Å². The van der Waals surface area contributed by atoms with Crippen molar-refractivity contribution in [2.75, 3.05) is 6.54 Å². The Morgan fingerprint density at radius 2 is 1.74 bits per heavy atom. The fourth-order valence-electron chi connectivity index (χ4n) is 4.11. The van der Waals surface area contributed by atoms with Crippen molar-refractivity contribution in [2.45, 2.75) is 24.6 Å². The van der Waals surface area contributed by atoms with Crippen molar-refractivity contribution in [3.05, 3.63) is 101 Å². The minimum atomic E-state index is -0.606. The molecule has 8 heteroatoms. The van der Waals surface area contributed by atoms with Crippen LogP contribution in [0.4, 0.5) is 5.69 Å². The molecular weight excluding hydrogens is 480 g/mol. The molecule has 2 atom stereocenters. The van der Waals surface area contributed by atoms with Crippen LogP contribution < -0.4 is 5.32 Å². The highest BCUT2D eigenvalue weighted by molar-refractivity contribution is 8.14. The van der Waals surface area contributed by atoms with E-state index in [-0.39, 0.29) is 11.8 Å². The molecule has 0 bridgehead atoms. The summed E-state index contributed by atoms with van der Waals surface area (Å²) in [7, 11) is 0. The Labute approximate surface area is 213 Å². The molecule has 2 aliphatic rings. The number of amides is 2. The molecule has 6 nitrogen and oxygen atoms in total. The zero-order valence-electron chi connectivity index (χ0n) is 19.0. The maximum atomic E-state index is 13.0. The number of benzene rings is 3. The second-order valence-electron chi connectivity index (χ2n) is 8.30. The van der Waals surface area contributed by atoms with Gasteiger partial charge in [-0.1, -0.05) is 78.0 Å². The minimum Gasteiger partial charge on any atom is -0.355 e. The predicted molar refractivity (Wildman–Crippen MR) is 141 cm³/mol. The van der Waals surface area contributed by atoms with Crippen molar-refractivity contribution in [3.8, 4) is 0 Å². The van der Waals surface area contributed by atoms with Crippen molar-refractivity contribution >= 4 is 51.9 Å². The maximum absolute atomic E-state index is 13.0. The van der Waals surface area contributed by atoms with Gasteiger partial charge in [0.15, 0.2) is 5.17 Å². The number of carbonyl (C=O) groups is 2. The Hall–Kier alpha value is -3.42. The van der Waals surface area contributed by atoms with Crippen LogP contribution in [0.25, 0.3) is 0 Å². The Kier molecular flexibility index (Phi) is 6.70. The van der Waals surface area contributed by atoms with Crippen LogP contribution >= 0.6 is 23.4 Å². The Morgan fingerprint density at radius 3 is 2.51 bits per heavy atom. The molecule has 2 amide bonds. The summed E-state index contributed by atoms with van der Waals surface area (Å²) in [6.45, 7) is 2.36. The largest absolute Gasteiger partial charge is 0.355 e. The number of thioether (sulfide) groups is 1. The van der Waals surface area contributed by atoms with E-state index in [4.69, 9.17) is 16.6 Å². The van der Waals surface area contributed by atoms with Crippen LogP contribution in [0.1, 0.15) is 29.7 Å². The van der Waals surface area contributed by atoms with Crippen LogP contribution in [-0.4, -0.2) is 39.5 Å². The predicted octanol–water partition coefficient (Wildman–Crippen LogP) is 5.15. The van der Waals surface area contributed by atoms with Gasteiger partial charge in [0.2, 0.25) is 5.91 Å². The molecule has 2 unspecified atom stereocenters. The summed E-state index contributed by atoms with van der Waals surface area (Å²) in [6.07, 6.45) is 0.710. The number of carbonyl (C=O) groups excluding carboxylic acids is 2. The van der Waals surface area contributed by atoms with E-state index in [1.165, 1.54) is 11.8 Å². The van der Waals surface area contributed by atoms with Gasteiger partial charge in [0.1, 0.15) is 11.9 Å². The van der Waals surface area contributed by atoms with Crippen LogP contribution in [0.3, 0.4) is 0 Å². The number of amidine groups is 2. The van der Waals surface area contributed by atoms with Gasteiger partial charge in [0.25, 0.3) is 5.91 Å². The van der Waals surface area contributed by atoms with E-state index in [0.717, 1.165) is 22.4 Å². The van der Waals surface area contributed by atoms with Crippen molar-refractivity contribution in [1.29, 1.82) is 0 Å². The second-order valence-corrected chi connectivity index (χ2v) is 10.0. The van der Waals surface area contributed by atoms with Gasteiger partial charge < -0.3 is 5.32 Å². The van der Waals surface area contributed by atoms with E-state index < -0.39 is 11.3 Å². The number of fused-ring (bicyclic) bond motifs is 3. The van der Waals surface area contributed by atoms with Crippen molar-refractivity contribution < 1.29 is 9.59 Å². The monoisotopic (exact) mass is 502 g/mol. The fourth-order valence-corrected chi connectivity index (χ4v) is 5.20. The smallest absolute Gasteiger partial charge is 0.275 e. The molecule has 0 spiro atoms. The van der Waals surface area contributed by atoms with Crippen LogP contribution in [0.2, 0.25) is 5.02 Å². The first-order valence-electron chi connectivity index (χ1n) is 11.3. The zero-order valence-corrected chi connectivity index (χ0v) is 20.6. The number of nitrogens with one attached hydrogen (secondary N) is 1. The standard InChI is InChI=1S/C27H23ClN4O2S/c1-17(25(33)29-16-15-18-11-13-20(28)14-12-18)35-27-30-22-10-6-5-9-21(22)24-31-26(34)23(32(24)27)19-7-3-2-4-8-19/h2-14,17,23H,15-16H2,1H3,(H,29,33). The van der Waals surface area contributed by atoms with Gasteiger partial charge in [-0.2, -0.15) is 4.99 Å². The van der Waals surface area contributed by atoms with Crippen LogP contribution in [0.15, 0.2) is 88.8 Å². The Bertz CT molecular complexity index is 1320. The van der Waals surface area contributed by atoms with Gasteiger partial charge >= 0.3 is 0 Å². The van der Waals surface area contributed by atoms with E-state index in [1.807, 2.05) is 90.7 Å². The zero-order chi connectivity index (χ0) is 24.4. The molecule has 1 N–H and O–H groups in total. The molecule has 0 aromatic heterocycles. The molecule has 5 rings (SSSR count). The first-order valence-corrected chi connectivity index (χ1v) is 12.6. The number of hydrogen-bond donors (Lipinski definition) is 1. The summed E-state index contributed by atoms with van der Waals surface area (Å²) >= 11 is 7.27. The third kappa shape index (κ3) is 4.88. The SMILES string of the molecule is CC(SC1=Nc2ccccc2C2=NC(=O)C(c3ccccc3)N12)C(=O)NCCc1ccc(Cl)cc1. The lowest BCUT2D eigenvalue weighted by Gasteiger charge is -2.32. The molecule has 3 aromatic rings. The molecule has 3 aromatic carbocycles. The Morgan fingerprint density at radius 1 is 1.03 bits per heavy atom. The number of para-hydroxylation sites is 1. The molecule has 0 aliphatic carbocycles. The molecule has 35 heavy (non-hydrogen) atoms. The minimum absolute atomic E-state index is 0.0919. The number of halogens is 1. The quantitative estimate of drug-likeness (QED) is 0.505. The van der Waals surface area contributed by atoms with E-state index in [0.29, 0.717) is 29.0 Å². The second kappa shape index (κ2) is 10.1. The molecule has 2 aliphatic heterocycles. The summed E-state index contributed by atoms with van der Waals surface area (Å²) < 4.78 is 0. The lowest BCUT2D eigenvalue weighted by Crippen LogP contribution is -2.41. The molecule has 0 fully saturated rings. The topological polar surface area (TPSA) is 74.1 Å². The molecule has 0 saturated heterocycles. The normalized spacial score (nSPS) is 17.3. The van der Waals surface area contributed by atoms with E-state index in [9.17, 15) is 9.59 Å². The molecular formula is C27H23ClN4O2S. The highest BCUT2D eigenvalue weighted by atomic mass is 35.5. The summed E-state index contributed by atoms with van der Waals surface area (Å²) in [5.41, 5.74) is 3.49. The summed E-state index contributed by atoms with van der Waals surface area (Å²) in [4.78, 5) is 37.0. The average Bonchev–Trinajstić information content (AvgIpc) is 3.23. The molecule has 0 radical (unpaired) electrons. The first kappa shape index (κ1) is 23.3. The van der Waals surface area contributed by atoms with Gasteiger partial charge in [0.05, 0.1) is 10.9 Å². The molecule has 0 saturated carbocycles. The maximum Gasteiger partial charge on any atom is 0.275 e. The summed E-state index contributed by atoms with van der Waals surface area (Å²) in [6, 6.07) is 24.2. The highest BCUT2D eigenvalue weighted by Crippen LogP contribution is 2.40. The number of aliphatic imine (C=N–C) groups is 2. The fraction of sp³-hybridized carbons (Fsp3) is 0.185. The van der Waals surface area contributed by atoms with Gasteiger partial charge in [-0.3, -0.25) is 14.5 Å². The highest BCUT2D eigenvalue weighted by Gasteiger charge is 2.43. The molecule has 2 heterocycles. The van der Waals surface area contributed by atoms with Gasteiger partial charge in [0, 0.05) is 17.1 Å². The third-order valence-corrected chi connectivity index (χ3v) is 7.21. The summed E-state index contributed by atoms with van der Waals surface area (Å²) in [5, 5.41) is 3.86. The Balaban J connectivity index is 1.35. The number of rotatable bonds is 6. The van der Waals surface area contributed by atoms with E-state index >= 15 is 0 Å². The lowest BCUT2D eigenvalue weighted by molar-refractivity contribution is -0.120. The third-order valence-electron chi connectivity index (χ3n) is 5.90. The lowest BCUT2D eigenvalue weighted by atomic mass is 10.0. The van der Waals surface area contributed by atoms with Crippen molar-refractivity contribution in [3.63, 3.8) is 0 Å². The summed E-state index contributed by atoms with van der Waals surface area (Å²) in [5.74, 6) is 0.245. The van der Waals surface area contributed by atoms with Gasteiger partial charge in [-0.15, -0.1) is 0 Å². The van der Waals surface area contributed by atoms with E-state index in [1.54, 1.807) is 0 Å². The van der Waals surface area contributed by atoms with Gasteiger partial charge in [-0.05, 0) is 48.7 Å². The number of hydrogen-bond acceptors (Lipinski definition) is 5. The van der Waals surface area contributed by atoms with Crippen LogP contribution in [-0.2, 0) is 16.0 Å². The van der Waals surface area contributed by atoms with Crippen LogP contribution in [0.5, 0.6) is 0 Å².